The van der Waals surface area contributed by atoms with Gasteiger partial charge in [-0.1, -0.05) is 0 Å². The maximum atomic E-state index is 13.6. The zero-order chi connectivity index (χ0) is 25.0. The summed E-state index contributed by atoms with van der Waals surface area (Å²) in [5, 5.41) is 5.91. The van der Waals surface area contributed by atoms with Gasteiger partial charge in [-0.05, 0) is 43.9 Å². The molecule has 5 heterocycles. The van der Waals surface area contributed by atoms with Crippen molar-refractivity contribution in [3.8, 4) is 0 Å². The van der Waals surface area contributed by atoms with Crippen molar-refractivity contribution in [1.82, 2.24) is 24.6 Å². The second kappa shape index (κ2) is 8.97. The van der Waals surface area contributed by atoms with Crippen molar-refractivity contribution in [2.75, 3.05) is 50.9 Å². The molecule has 10 nitrogen and oxygen atoms in total. The zero-order valence-corrected chi connectivity index (χ0v) is 21.2. The Hall–Kier alpha value is -2.76. The summed E-state index contributed by atoms with van der Waals surface area (Å²) >= 11 is 0. The average Bonchev–Trinajstić information content (AvgIpc) is 3.48. The maximum Gasteiger partial charge on any atom is 0.259 e. The first-order chi connectivity index (χ1) is 17.3. The van der Waals surface area contributed by atoms with Crippen LogP contribution in [0.4, 0.5) is 0 Å². The Kier molecular flexibility index (Phi) is 5.88. The molecule has 1 aromatic carbocycles. The molecule has 0 bridgehead atoms. The van der Waals surface area contributed by atoms with E-state index in [-0.39, 0.29) is 35.1 Å². The van der Waals surface area contributed by atoms with Gasteiger partial charge in [-0.3, -0.25) is 19.2 Å². The first-order valence-corrected chi connectivity index (χ1v) is 14.5. The molecule has 3 saturated heterocycles. The number of fused-ring (bicyclic) bond motifs is 3. The molecule has 0 spiro atoms. The molecule has 1 atom stereocenters. The van der Waals surface area contributed by atoms with Crippen LogP contribution in [0.1, 0.15) is 41.2 Å². The Labute approximate surface area is 209 Å². The van der Waals surface area contributed by atoms with Gasteiger partial charge in [-0.2, -0.15) is 5.10 Å². The van der Waals surface area contributed by atoms with E-state index in [1.54, 1.807) is 6.20 Å². The van der Waals surface area contributed by atoms with Crippen LogP contribution < -0.4 is 5.56 Å². The highest BCUT2D eigenvalue weighted by atomic mass is 32.2. The number of benzene rings is 1. The van der Waals surface area contributed by atoms with Crippen LogP contribution in [0.5, 0.6) is 0 Å². The van der Waals surface area contributed by atoms with Gasteiger partial charge in [0.25, 0.3) is 11.5 Å². The summed E-state index contributed by atoms with van der Waals surface area (Å²) in [5.74, 6) is 0.443. The van der Waals surface area contributed by atoms with Gasteiger partial charge >= 0.3 is 0 Å². The molecular weight excluding hydrogens is 482 g/mol. The lowest BCUT2D eigenvalue weighted by Gasteiger charge is -2.37. The monoisotopic (exact) mass is 513 g/mol. The van der Waals surface area contributed by atoms with Crippen molar-refractivity contribution < 1.29 is 17.9 Å². The van der Waals surface area contributed by atoms with Crippen molar-refractivity contribution >= 4 is 37.6 Å². The van der Waals surface area contributed by atoms with Gasteiger partial charge < -0.3 is 14.6 Å². The number of aromatic amines is 1. The van der Waals surface area contributed by atoms with Crippen LogP contribution in [0, 0.1) is 6.92 Å². The Morgan fingerprint density at radius 3 is 2.50 bits per heavy atom. The molecule has 1 amide bonds. The Morgan fingerprint density at radius 2 is 1.81 bits per heavy atom. The van der Waals surface area contributed by atoms with Crippen LogP contribution in [0.3, 0.4) is 0 Å². The van der Waals surface area contributed by atoms with Gasteiger partial charge in [-0.25, -0.2) is 8.42 Å². The van der Waals surface area contributed by atoms with Gasteiger partial charge in [0.2, 0.25) is 0 Å². The highest BCUT2D eigenvalue weighted by molar-refractivity contribution is 7.91. The number of sulfone groups is 1. The third-order valence-corrected chi connectivity index (χ3v) is 9.75. The van der Waals surface area contributed by atoms with Crippen LogP contribution in [0.2, 0.25) is 0 Å². The van der Waals surface area contributed by atoms with E-state index in [9.17, 15) is 18.0 Å². The molecule has 192 valence electrons. The van der Waals surface area contributed by atoms with Gasteiger partial charge in [0.05, 0.1) is 40.2 Å². The molecule has 3 aliphatic rings. The number of aryl methyl sites for hydroxylation is 1. The van der Waals surface area contributed by atoms with Crippen LogP contribution in [0.15, 0.2) is 23.1 Å². The minimum absolute atomic E-state index is 0.0374. The number of hydrogen-bond acceptors (Lipinski definition) is 7. The SMILES string of the molecule is Cc1cc2[nH]c(=O)c3cnn(C4CCOCC4)c3c2cc1C(=O)N1CCN(C2CCS(=O)(=O)C2)CC1. The van der Waals surface area contributed by atoms with E-state index >= 15 is 0 Å². The van der Waals surface area contributed by atoms with E-state index in [1.807, 2.05) is 28.6 Å². The fourth-order valence-electron chi connectivity index (χ4n) is 5.95. The van der Waals surface area contributed by atoms with Crippen molar-refractivity contribution in [3.63, 3.8) is 0 Å². The number of ether oxygens (including phenoxy) is 1. The smallest absolute Gasteiger partial charge is 0.259 e. The standard InChI is InChI=1S/C25H31N5O5S/c1-16-12-22-20(23-21(24(31)27-22)14-26-30(23)17-2-9-35-10-3-17)13-19(16)25(32)29-7-5-28(6-8-29)18-4-11-36(33,34)15-18/h12-14,17-18H,2-11,15H2,1H3,(H,27,31). The number of nitrogens with one attached hydrogen (secondary N) is 1. The minimum atomic E-state index is -2.93. The molecule has 1 N–H and O–H groups in total. The fourth-order valence-corrected chi connectivity index (χ4v) is 7.72. The summed E-state index contributed by atoms with van der Waals surface area (Å²) in [7, 11) is -2.93. The van der Waals surface area contributed by atoms with E-state index in [4.69, 9.17) is 4.74 Å². The van der Waals surface area contributed by atoms with Crippen molar-refractivity contribution in [1.29, 1.82) is 0 Å². The normalized spacial score (nSPS) is 23.6. The Morgan fingerprint density at radius 1 is 1.06 bits per heavy atom. The predicted molar refractivity (Wildman–Crippen MR) is 136 cm³/mol. The molecule has 36 heavy (non-hydrogen) atoms. The zero-order valence-electron chi connectivity index (χ0n) is 20.4. The number of amides is 1. The number of piperazine rings is 1. The Balaban J connectivity index is 1.31. The number of pyridine rings is 1. The van der Waals surface area contributed by atoms with Crippen LogP contribution in [-0.2, 0) is 14.6 Å². The van der Waals surface area contributed by atoms with Crippen molar-refractivity contribution in [2.24, 2.45) is 0 Å². The van der Waals surface area contributed by atoms with Crippen LogP contribution >= 0.6 is 0 Å². The predicted octanol–water partition coefficient (Wildman–Crippen LogP) is 1.48. The fraction of sp³-hybridized carbons (Fsp3) is 0.560. The molecule has 3 aromatic rings. The number of H-pyrrole nitrogens is 1. The maximum absolute atomic E-state index is 13.6. The van der Waals surface area contributed by atoms with E-state index in [0.29, 0.717) is 62.3 Å². The number of rotatable bonds is 3. The summed E-state index contributed by atoms with van der Waals surface area (Å²) in [4.78, 5) is 33.4. The molecule has 3 fully saturated rings. The molecule has 0 radical (unpaired) electrons. The summed E-state index contributed by atoms with van der Waals surface area (Å²) in [6.45, 7) is 5.69. The third kappa shape index (κ3) is 4.12. The number of hydrogen-bond donors (Lipinski definition) is 1. The minimum Gasteiger partial charge on any atom is -0.381 e. The van der Waals surface area contributed by atoms with Crippen molar-refractivity contribution in [2.45, 2.75) is 38.3 Å². The molecule has 6 rings (SSSR count). The van der Waals surface area contributed by atoms with Crippen molar-refractivity contribution in [3.05, 3.63) is 39.8 Å². The van der Waals surface area contributed by atoms with E-state index < -0.39 is 9.84 Å². The van der Waals surface area contributed by atoms with Gasteiger partial charge in [0.15, 0.2) is 9.84 Å². The molecule has 2 aromatic heterocycles. The number of aromatic nitrogens is 3. The topological polar surface area (TPSA) is 118 Å². The third-order valence-electron chi connectivity index (χ3n) is 8.00. The first kappa shape index (κ1) is 23.6. The van der Waals surface area contributed by atoms with E-state index in [2.05, 4.69) is 15.0 Å². The first-order valence-electron chi connectivity index (χ1n) is 12.7. The van der Waals surface area contributed by atoms with Gasteiger partial charge in [0, 0.05) is 56.4 Å². The van der Waals surface area contributed by atoms with Crippen LogP contribution in [-0.4, -0.2) is 95.8 Å². The highest BCUT2D eigenvalue weighted by Crippen LogP contribution is 2.30. The Bertz CT molecular complexity index is 1500. The number of carbonyl (C=O) groups is 1. The molecule has 11 heteroatoms. The van der Waals surface area contributed by atoms with Gasteiger partial charge in [-0.15, -0.1) is 0 Å². The molecule has 0 aliphatic carbocycles. The van der Waals surface area contributed by atoms with Crippen LogP contribution in [0.25, 0.3) is 21.8 Å². The summed E-state index contributed by atoms with van der Waals surface area (Å²) < 4.78 is 31.2. The quantitative estimate of drug-likeness (QED) is 0.564. The second-order valence-corrected chi connectivity index (χ2v) is 12.5. The lowest BCUT2D eigenvalue weighted by molar-refractivity contribution is 0.0587. The van der Waals surface area contributed by atoms with E-state index in [1.165, 1.54) is 0 Å². The molecule has 3 aliphatic heterocycles. The highest BCUT2D eigenvalue weighted by Gasteiger charge is 2.34. The number of carbonyl (C=O) groups excluding carboxylic acids is 1. The average molecular weight is 514 g/mol. The summed E-state index contributed by atoms with van der Waals surface area (Å²) in [6.07, 6.45) is 3.95. The number of nitrogens with zero attached hydrogens (tertiary/aromatic N) is 4. The summed E-state index contributed by atoms with van der Waals surface area (Å²) in [5.41, 5.74) is 2.71. The lowest BCUT2D eigenvalue weighted by atomic mass is 10.0. The lowest BCUT2D eigenvalue weighted by Crippen LogP contribution is -2.52. The van der Waals surface area contributed by atoms with E-state index in [0.717, 1.165) is 29.3 Å². The van der Waals surface area contributed by atoms with Gasteiger partial charge in [0.1, 0.15) is 0 Å². The molecular formula is C25H31N5O5S. The molecule has 1 unspecified atom stereocenters. The largest absolute Gasteiger partial charge is 0.381 e. The molecule has 0 saturated carbocycles. The summed E-state index contributed by atoms with van der Waals surface area (Å²) in [6, 6.07) is 3.99. The second-order valence-electron chi connectivity index (χ2n) is 10.2.